The Hall–Kier alpha value is -1.18. The van der Waals surface area contributed by atoms with Gasteiger partial charge in [-0.1, -0.05) is 12.6 Å². The van der Waals surface area contributed by atoms with Gasteiger partial charge >= 0.3 is 0 Å². The fourth-order valence-electron chi connectivity index (χ4n) is 3.48. The van der Waals surface area contributed by atoms with Crippen LogP contribution in [0.4, 0.5) is 0 Å². The zero-order valence-corrected chi connectivity index (χ0v) is 17.6. The molecule has 128 valence electrons. The molecule has 0 atom stereocenters. The van der Waals surface area contributed by atoms with Crippen molar-refractivity contribution in [3.8, 4) is 5.69 Å². The maximum atomic E-state index is 12.8. The number of benzene rings is 1. The summed E-state index contributed by atoms with van der Waals surface area (Å²) in [5, 5.41) is 0. The second kappa shape index (κ2) is 8.27. The van der Waals surface area contributed by atoms with Crippen LogP contribution < -0.4 is 0 Å². The van der Waals surface area contributed by atoms with Crippen molar-refractivity contribution in [3.63, 3.8) is 0 Å². The molecule has 1 saturated heterocycles. The van der Waals surface area contributed by atoms with E-state index in [1.165, 1.54) is 12.8 Å². The summed E-state index contributed by atoms with van der Waals surface area (Å²) < 4.78 is 2.15. The van der Waals surface area contributed by atoms with Crippen LogP contribution in [0.3, 0.4) is 0 Å². The first-order chi connectivity index (χ1) is 11.1. The van der Waals surface area contributed by atoms with Crippen molar-refractivity contribution in [2.45, 2.75) is 33.6 Å². The molecule has 1 aliphatic rings. The molecule has 3 rings (SSSR count). The quantitative estimate of drug-likeness (QED) is 0.479. The fraction of sp³-hybridized carbons (Fsp3) is 0.450. The van der Waals surface area contributed by atoms with Gasteiger partial charge in [0.1, 0.15) is 0 Å². The topological polar surface area (TPSA) is 25.2 Å². The van der Waals surface area contributed by atoms with E-state index in [0.717, 1.165) is 41.6 Å². The fourth-order valence-corrected chi connectivity index (χ4v) is 3.48. The number of rotatable bonds is 4. The minimum Gasteiger partial charge on any atom is -0.341 e. The van der Waals surface area contributed by atoms with Gasteiger partial charge < -0.3 is 4.57 Å². The minimum absolute atomic E-state index is 0. The molecule has 0 aliphatic carbocycles. The second-order valence-electron chi connectivity index (χ2n) is 6.76. The van der Waals surface area contributed by atoms with Crippen molar-refractivity contribution in [2.75, 3.05) is 19.6 Å². The van der Waals surface area contributed by atoms with E-state index >= 15 is 0 Å². The van der Waals surface area contributed by atoms with Crippen LogP contribution >= 0.6 is 0 Å². The number of ketones is 1. The van der Waals surface area contributed by atoms with E-state index in [1.54, 1.807) is 0 Å². The van der Waals surface area contributed by atoms with Gasteiger partial charge in [0.2, 0.25) is 0 Å². The van der Waals surface area contributed by atoms with Gasteiger partial charge in [-0.2, -0.15) is 18.2 Å². The first kappa shape index (κ1) is 19.1. The molecule has 0 radical (unpaired) electrons. The average Bonchev–Trinajstić information content (AvgIpc) is 2.85. The van der Waals surface area contributed by atoms with E-state index in [2.05, 4.69) is 29.4 Å². The standard InChI is InChI=1S/C20H25N2O.W/c1-15-9-11-21(12-10-15)14-20(23)19-13-16(2)22(17(19)3)18-7-5-4-6-8-18;/h5-8,13,15H,9-12,14H2,1-3H3;/q-1;. The van der Waals surface area contributed by atoms with Crippen molar-refractivity contribution in [1.82, 2.24) is 9.47 Å². The smallest absolute Gasteiger partial charge is 0.178 e. The predicted octanol–water partition coefficient (Wildman–Crippen LogP) is 3.81. The van der Waals surface area contributed by atoms with E-state index < -0.39 is 0 Å². The van der Waals surface area contributed by atoms with E-state index in [-0.39, 0.29) is 26.8 Å². The molecule has 24 heavy (non-hydrogen) atoms. The molecular formula is C20H25N2OW-. The van der Waals surface area contributed by atoms with Crippen molar-refractivity contribution in [1.29, 1.82) is 0 Å². The van der Waals surface area contributed by atoms with Gasteiger partial charge in [0.05, 0.1) is 6.54 Å². The van der Waals surface area contributed by atoms with Gasteiger partial charge in [-0.3, -0.25) is 9.69 Å². The Morgan fingerprint density at radius 1 is 1.21 bits per heavy atom. The second-order valence-corrected chi connectivity index (χ2v) is 6.76. The third-order valence-electron chi connectivity index (χ3n) is 4.93. The third kappa shape index (κ3) is 4.07. The first-order valence-electron chi connectivity index (χ1n) is 8.47. The molecule has 1 fully saturated rings. The maximum absolute atomic E-state index is 12.8. The summed E-state index contributed by atoms with van der Waals surface area (Å²) in [6, 6.07) is 12.9. The Morgan fingerprint density at radius 3 is 2.46 bits per heavy atom. The average molecular weight is 493 g/mol. The van der Waals surface area contributed by atoms with Gasteiger partial charge in [-0.25, -0.2) is 0 Å². The summed E-state index contributed by atoms with van der Waals surface area (Å²) in [7, 11) is 0. The van der Waals surface area contributed by atoms with E-state index in [9.17, 15) is 4.79 Å². The molecule has 0 saturated carbocycles. The zero-order valence-electron chi connectivity index (χ0n) is 14.7. The van der Waals surface area contributed by atoms with Gasteiger partial charge in [0.15, 0.2) is 5.78 Å². The van der Waals surface area contributed by atoms with Gasteiger partial charge in [0, 0.05) is 38.0 Å². The molecule has 0 spiro atoms. The maximum Gasteiger partial charge on any atom is 0.178 e. The molecule has 0 bridgehead atoms. The molecule has 0 N–H and O–H groups in total. The summed E-state index contributed by atoms with van der Waals surface area (Å²) in [5.41, 5.74) is 4.08. The summed E-state index contributed by atoms with van der Waals surface area (Å²) in [5.74, 6) is 1.03. The van der Waals surface area contributed by atoms with E-state index in [0.29, 0.717) is 6.54 Å². The van der Waals surface area contributed by atoms with E-state index in [1.807, 2.05) is 37.3 Å². The number of nitrogens with zero attached hydrogens (tertiary/aromatic N) is 2. The minimum atomic E-state index is 0. The first-order valence-corrected chi connectivity index (χ1v) is 8.47. The summed E-state index contributed by atoms with van der Waals surface area (Å²) in [6.07, 6.45) is 2.40. The van der Waals surface area contributed by atoms with Crippen LogP contribution in [0.25, 0.3) is 5.69 Å². The van der Waals surface area contributed by atoms with Crippen LogP contribution in [0.15, 0.2) is 30.3 Å². The molecule has 0 unspecified atom stereocenters. The number of aryl methyl sites for hydroxylation is 1. The monoisotopic (exact) mass is 493 g/mol. The van der Waals surface area contributed by atoms with Crippen molar-refractivity contribution in [3.05, 3.63) is 53.3 Å². The molecule has 1 aromatic carbocycles. The van der Waals surface area contributed by atoms with Gasteiger partial charge in [-0.15, -0.1) is 12.1 Å². The molecule has 2 aromatic rings. The largest absolute Gasteiger partial charge is 0.341 e. The Balaban J connectivity index is 0.00000208. The Kier molecular flexibility index (Phi) is 6.60. The summed E-state index contributed by atoms with van der Waals surface area (Å²) in [6.45, 7) is 9.02. The number of carbonyl (C=O) groups is 1. The molecule has 4 heteroatoms. The number of carbonyl (C=O) groups excluding carboxylic acids is 1. The summed E-state index contributed by atoms with van der Waals surface area (Å²) in [4.78, 5) is 15.0. The Bertz CT molecular complexity index is 685. The number of Topliss-reactive ketones (excluding diaryl/α,β-unsaturated/α-hetero) is 1. The normalized spacial score (nSPS) is 16.0. The SMILES string of the molecule is Cc1cc(C(=O)CN2CCC(C)CC2)c(C)n1-c1cc[c-]cc1.[W]. The number of piperidine rings is 1. The van der Waals surface area contributed by atoms with Gasteiger partial charge in [-0.05, 0) is 51.8 Å². The van der Waals surface area contributed by atoms with E-state index in [4.69, 9.17) is 0 Å². The third-order valence-corrected chi connectivity index (χ3v) is 4.93. The van der Waals surface area contributed by atoms with Crippen LogP contribution in [0.1, 0.15) is 41.5 Å². The van der Waals surface area contributed by atoms with Crippen molar-refractivity contribution < 1.29 is 25.9 Å². The Morgan fingerprint density at radius 2 is 1.83 bits per heavy atom. The number of aromatic nitrogens is 1. The molecule has 3 nitrogen and oxygen atoms in total. The number of hydrogen-bond donors (Lipinski definition) is 0. The van der Waals surface area contributed by atoms with Crippen molar-refractivity contribution in [2.24, 2.45) is 5.92 Å². The van der Waals surface area contributed by atoms with Crippen LogP contribution in [-0.4, -0.2) is 34.9 Å². The van der Waals surface area contributed by atoms with Crippen LogP contribution in [0.5, 0.6) is 0 Å². The molecule has 1 aromatic heterocycles. The molecule has 2 heterocycles. The van der Waals surface area contributed by atoms with Crippen LogP contribution in [0, 0.1) is 25.8 Å². The number of likely N-dealkylation sites (tertiary alicyclic amines) is 1. The number of hydrogen-bond acceptors (Lipinski definition) is 2. The van der Waals surface area contributed by atoms with Crippen LogP contribution in [-0.2, 0) is 21.1 Å². The summed E-state index contributed by atoms with van der Waals surface area (Å²) >= 11 is 0. The van der Waals surface area contributed by atoms with Crippen LogP contribution in [0.2, 0.25) is 0 Å². The Labute approximate surface area is 159 Å². The molecule has 0 amide bonds. The molecular weight excluding hydrogens is 468 g/mol. The van der Waals surface area contributed by atoms with Crippen molar-refractivity contribution >= 4 is 5.78 Å². The predicted molar refractivity (Wildman–Crippen MR) is 93.2 cm³/mol. The zero-order chi connectivity index (χ0) is 16.4. The molecule has 1 aliphatic heterocycles. The van der Waals surface area contributed by atoms with Gasteiger partial charge in [0.25, 0.3) is 0 Å².